The summed E-state index contributed by atoms with van der Waals surface area (Å²) < 4.78 is 18.6. The minimum absolute atomic E-state index is 0.0270. The van der Waals surface area contributed by atoms with Crippen molar-refractivity contribution in [2.24, 2.45) is 5.92 Å². The van der Waals surface area contributed by atoms with E-state index in [-0.39, 0.29) is 23.5 Å². The van der Waals surface area contributed by atoms with Gasteiger partial charge in [-0.15, -0.1) is 0 Å². The van der Waals surface area contributed by atoms with Gasteiger partial charge in [0.15, 0.2) is 0 Å². The minimum Gasteiger partial charge on any atom is -0.439 e. The zero-order valence-electron chi connectivity index (χ0n) is 18.6. The van der Waals surface area contributed by atoms with Gasteiger partial charge >= 0.3 is 0 Å². The number of fused-ring (bicyclic) bond motifs is 1. The molecule has 7 heteroatoms. The highest BCUT2D eigenvalue weighted by Gasteiger charge is 2.34. The summed E-state index contributed by atoms with van der Waals surface area (Å²) in [5, 5.41) is 2.88. The molecular weight excluding hydrogens is 421 g/mol. The zero-order valence-corrected chi connectivity index (χ0v) is 18.6. The van der Waals surface area contributed by atoms with Crippen molar-refractivity contribution >= 4 is 17.5 Å². The molecule has 2 aromatic carbocycles. The Morgan fingerprint density at radius 1 is 1.09 bits per heavy atom. The Kier molecular flexibility index (Phi) is 6.68. The number of nitrogens with zero attached hydrogens (tertiary/aromatic N) is 2. The fourth-order valence-electron chi connectivity index (χ4n) is 3.85. The van der Waals surface area contributed by atoms with Crippen LogP contribution in [0.3, 0.4) is 0 Å². The lowest BCUT2D eigenvalue weighted by atomic mass is 9.92. The van der Waals surface area contributed by atoms with Gasteiger partial charge < -0.3 is 15.0 Å². The number of hydrogen-bond donors (Lipinski definition) is 1. The Balaban J connectivity index is 1.47. The molecule has 0 fully saturated rings. The maximum atomic E-state index is 13.2. The molecule has 1 N–H and O–H groups in total. The second kappa shape index (κ2) is 9.81. The average Bonchev–Trinajstić information content (AvgIpc) is 2.80. The molecule has 1 unspecified atom stereocenters. The largest absolute Gasteiger partial charge is 0.439 e. The third-order valence-corrected chi connectivity index (χ3v) is 5.49. The third kappa shape index (κ3) is 5.55. The van der Waals surface area contributed by atoms with Crippen molar-refractivity contribution < 1.29 is 18.7 Å². The van der Waals surface area contributed by atoms with Gasteiger partial charge in [-0.3, -0.25) is 9.59 Å². The molecule has 2 amide bonds. The lowest BCUT2D eigenvalue weighted by molar-refractivity contribution is -0.140. The third-order valence-electron chi connectivity index (χ3n) is 5.49. The van der Waals surface area contributed by atoms with E-state index in [0.29, 0.717) is 36.7 Å². The van der Waals surface area contributed by atoms with Crippen molar-refractivity contribution in [3.05, 3.63) is 83.8 Å². The van der Waals surface area contributed by atoms with E-state index in [1.165, 1.54) is 30.5 Å². The van der Waals surface area contributed by atoms with Crippen LogP contribution in [0.4, 0.5) is 10.1 Å². The molecule has 0 radical (unpaired) electrons. The molecule has 1 atom stereocenters. The molecule has 4 rings (SSSR count). The van der Waals surface area contributed by atoms with E-state index >= 15 is 0 Å². The molecule has 33 heavy (non-hydrogen) atoms. The summed E-state index contributed by atoms with van der Waals surface area (Å²) in [7, 11) is 0. The molecular formula is C26H26FN3O3. The molecule has 0 saturated carbocycles. The van der Waals surface area contributed by atoms with E-state index in [4.69, 9.17) is 4.74 Å². The first-order valence-electron chi connectivity index (χ1n) is 11.0. The number of ether oxygens (including phenoxy) is 1. The van der Waals surface area contributed by atoms with E-state index in [2.05, 4.69) is 10.3 Å². The number of benzene rings is 2. The number of anilines is 1. The van der Waals surface area contributed by atoms with Gasteiger partial charge in [0.05, 0.1) is 11.9 Å². The summed E-state index contributed by atoms with van der Waals surface area (Å²) in [6, 6.07) is 16.2. The first-order valence-corrected chi connectivity index (χ1v) is 11.0. The number of rotatable bonds is 6. The summed E-state index contributed by atoms with van der Waals surface area (Å²) >= 11 is 0. The van der Waals surface area contributed by atoms with E-state index in [9.17, 15) is 14.0 Å². The molecule has 1 aromatic heterocycles. The van der Waals surface area contributed by atoms with Crippen LogP contribution in [0.15, 0.2) is 66.9 Å². The maximum Gasteiger partial charge on any atom is 0.247 e. The highest BCUT2D eigenvalue weighted by Crippen LogP contribution is 2.26. The highest BCUT2D eigenvalue weighted by molar-refractivity contribution is 5.97. The van der Waals surface area contributed by atoms with Gasteiger partial charge in [0, 0.05) is 25.5 Å². The Labute approximate surface area is 192 Å². The van der Waals surface area contributed by atoms with Gasteiger partial charge in [-0.25, -0.2) is 9.37 Å². The van der Waals surface area contributed by atoms with Crippen molar-refractivity contribution in [2.45, 2.75) is 39.3 Å². The van der Waals surface area contributed by atoms with Crippen molar-refractivity contribution in [2.75, 3.05) is 5.32 Å². The molecule has 6 nitrogen and oxygen atoms in total. The average molecular weight is 448 g/mol. The molecule has 0 bridgehead atoms. The lowest BCUT2D eigenvalue weighted by Crippen LogP contribution is -2.50. The van der Waals surface area contributed by atoms with Gasteiger partial charge in [0.2, 0.25) is 17.7 Å². The van der Waals surface area contributed by atoms with Crippen LogP contribution in [0.1, 0.15) is 31.4 Å². The van der Waals surface area contributed by atoms with E-state index < -0.39 is 6.04 Å². The van der Waals surface area contributed by atoms with Crippen LogP contribution in [0.2, 0.25) is 0 Å². The fraction of sp³-hybridized carbons (Fsp3) is 0.269. The van der Waals surface area contributed by atoms with Crippen molar-refractivity contribution in [3.63, 3.8) is 0 Å². The second-order valence-corrected chi connectivity index (χ2v) is 8.54. The quantitative estimate of drug-likeness (QED) is 0.580. The summed E-state index contributed by atoms with van der Waals surface area (Å²) in [5.41, 5.74) is 2.65. The molecule has 1 aliphatic rings. The van der Waals surface area contributed by atoms with Crippen molar-refractivity contribution in [3.8, 4) is 11.6 Å². The topological polar surface area (TPSA) is 71.5 Å². The monoisotopic (exact) mass is 447 g/mol. The number of hydrogen-bond acceptors (Lipinski definition) is 4. The van der Waals surface area contributed by atoms with Crippen LogP contribution in [0.5, 0.6) is 11.6 Å². The lowest BCUT2D eigenvalue weighted by Gasteiger charge is -2.36. The number of halogens is 1. The Hall–Kier alpha value is -3.74. The van der Waals surface area contributed by atoms with Crippen LogP contribution in [0, 0.1) is 11.7 Å². The second-order valence-electron chi connectivity index (χ2n) is 8.54. The normalized spacial score (nSPS) is 15.2. The maximum absolute atomic E-state index is 13.2. The summed E-state index contributed by atoms with van der Waals surface area (Å²) in [6.45, 7) is 4.40. The Morgan fingerprint density at radius 3 is 2.48 bits per heavy atom. The molecule has 3 aromatic rings. The summed E-state index contributed by atoms with van der Waals surface area (Å²) in [6.07, 6.45) is 2.35. The summed E-state index contributed by atoms with van der Waals surface area (Å²) in [4.78, 5) is 32.0. The van der Waals surface area contributed by atoms with Gasteiger partial charge in [0.25, 0.3) is 0 Å². The zero-order chi connectivity index (χ0) is 23.4. The predicted octanol–water partition coefficient (Wildman–Crippen LogP) is 4.95. The molecule has 0 spiro atoms. The van der Waals surface area contributed by atoms with Crippen LogP contribution >= 0.6 is 0 Å². The van der Waals surface area contributed by atoms with E-state index in [1.807, 2.05) is 38.1 Å². The van der Waals surface area contributed by atoms with Gasteiger partial charge in [-0.05, 0) is 47.4 Å². The van der Waals surface area contributed by atoms with Crippen LogP contribution in [0.25, 0.3) is 0 Å². The van der Waals surface area contributed by atoms with Crippen molar-refractivity contribution in [1.29, 1.82) is 0 Å². The Bertz CT molecular complexity index is 1130. The molecule has 1 aliphatic heterocycles. The van der Waals surface area contributed by atoms with E-state index in [1.54, 1.807) is 17.0 Å². The van der Waals surface area contributed by atoms with Crippen LogP contribution in [-0.4, -0.2) is 27.7 Å². The number of pyridine rings is 1. The number of aromatic nitrogens is 1. The van der Waals surface area contributed by atoms with Gasteiger partial charge in [-0.1, -0.05) is 38.1 Å². The first kappa shape index (κ1) is 22.5. The Morgan fingerprint density at radius 2 is 1.82 bits per heavy atom. The number of amides is 2. The molecule has 2 heterocycles. The number of nitrogens with one attached hydrogen (secondary N) is 1. The highest BCUT2D eigenvalue weighted by atomic mass is 19.1. The number of carbonyl (C=O) groups excluding carboxylic acids is 2. The van der Waals surface area contributed by atoms with Crippen LogP contribution in [-0.2, 0) is 22.6 Å². The van der Waals surface area contributed by atoms with Gasteiger partial charge in [0.1, 0.15) is 17.6 Å². The molecule has 170 valence electrons. The van der Waals surface area contributed by atoms with Gasteiger partial charge in [-0.2, -0.15) is 0 Å². The van der Waals surface area contributed by atoms with Crippen molar-refractivity contribution in [1.82, 2.24) is 9.88 Å². The SMILES string of the molecule is CC(C)CC(=O)N1Cc2ccccc2CC1C(=O)Nc1ccc(Oc2ccc(F)cc2)nc1. The minimum atomic E-state index is -0.596. The summed E-state index contributed by atoms with van der Waals surface area (Å²) in [5.74, 6) is 0.355. The molecule has 0 aliphatic carbocycles. The predicted molar refractivity (Wildman–Crippen MR) is 123 cm³/mol. The number of carbonyl (C=O) groups is 2. The first-order chi connectivity index (χ1) is 15.9. The van der Waals surface area contributed by atoms with E-state index in [0.717, 1.165) is 11.1 Å². The van der Waals surface area contributed by atoms with Crippen LogP contribution < -0.4 is 10.1 Å². The smallest absolute Gasteiger partial charge is 0.247 e. The molecule has 0 saturated heterocycles. The fourth-order valence-corrected chi connectivity index (χ4v) is 3.85. The standard InChI is InChI=1S/C26H26FN3O3/c1-17(2)13-25(31)30-16-19-6-4-3-5-18(19)14-23(30)26(32)29-21-9-12-24(28-15-21)33-22-10-7-20(27)8-11-22/h3-12,15,17,23H,13-14,16H2,1-2H3,(H,29,32).